The molecule has 386 valence electrons. The van der Waals surface area contributed by atoms with E-state index >= 15 is 0 Å². The van der Waals surface area contributed by atoms with E-state index in [9.17, 15) is 19.0 Å². The summed E-state index contributed by atoms with van der Waals surface area (Å²) in [5.74, 6) is -0.902. The Kier molecular flexibility index (Phi) is 46.2. The van der Waals surface area contributed by atoms with E-state index < -0.39 is 32.5 Å². The predicted molar refractivity (Wildman–Crippen MR) is 282 cm³/mol. The molecule has 0 aliphatic rings. The van der Waals surface area contributed by atoms with Gasteiger partial charge < -0.3 is 27.9 Å². The topological polar surface area (TPSA) is 111 Å². The Hall–Kier alpha value is -2.81. The van der Waals surface area contributed by atoms with Crippen molar-refractivity contribution >= 4 is 19.8 Å². The second kappa shape index (κ2) is 48.2. The first kappa shape index (κ1) is 64.2. The van der Waals surface area contributed by atoms with Gasteiger partial charge in [0.1, 0.15) is 19.8 Å². The van der Waals surface area contributed by atoms with Crippen molar-refractivity contribution < 1.29 is 42.1 Å². The van der Waals surface area contributed by atoms with E-state index in [1.165, 1.54) is 109 Å². The first-order valence-corrected chi connectivity index (χ1v) is 28.3. The second-order valence-electron chi connectivity index (χ2n) is 18.9. The van der Waals surface area contributed by atoms with Gasteiger partial charge in [-0.25, -0.2) is 0 Å². The van der Waals surface area contributed by atoms with Crippen LogP contribution in [0.4, 0.5) is 0 Å². The number of phosphoric ester groups is 1. The number of allylic oxidation sites excluding steroid dienone is 14. The molecule has 0 spiro atoms. The van der Waals surface area contributed by atoms with Gasteiger partial charge >= 0.3 is 11.9 Å². The molecule has 0 fully saturated rings. The summed E-state index contributed by atoms with van der Waals surface area (Å²) in [5, 5.41) is 0. The number of rotatable bonds is 48. The van der Waals surface area contributed by atoms with Crippen LogP contribution in [0.15, 0.2) is 85.1 Å². The second-order valence-corrected chi connectivity index (χ2v) is 20.3. The third kappa shape index (κ3) is 52.4. The number of nitrogens with zero attached hydrogens (tertiary/aromatic N) is 1. The quantitative estimate of drug-likeness (QED) is 0.0195. The van der Waals surface area contributed by atoms with E-state index in [1.807, 2.05) is 27.2 Å². The van der Waals surface area contributed by atoms with Crippen molar-refractivity contribution in [3.8, 4) is 0 Å². The summed E-state index contributed by atoms with van der Waals surface area (Å²) in [4.78, 5) is 37.8. The zero-order valence-electron chi connectivity index (χ0n) is 43.6. The lowest BCUT2D eigenvalue weighted by Gasteiger charge is -2.28. The monoisotopic (exact) mass is 958 g/mol. The Morgan fingerprint density at radius 2 is 0.851 bits per heavy atom. The minimum Gasteiger partial charge on any atom is -0.756 e. The fourth-order valence-corrected chi connectivity index (χ4v) is 7.79. The molecule has 0 radical (unpaired) electrons. The van der Waals surface area contributed by atoms with Gasteiger partial charge in [-0.1, -0.05) is 221 Å². The molecule has 0 N–H and O–H groups in total. The van der Waals surface area contributed by atoms with Gasteiger partial charge in [-0.05, 0) is 64.2 Å². The number of esters is 2. The molecule has 10 heteroatoms. The lowest BCUT2D eigenvalue weighted by molar-refractivity contribution is -0.870. The van der Waals surface area contributed by atoms with Crippen LogP contribution in [0.1, 0.15) is 213 Å². The molecule has 2 unspecified atom stereocenters. The van der Waals surface area contributed by atoms with E-state index in [-0.39, 0.29) is 26.1 Å². The van der Waals surface area contributed by atoms with Crippen LogP contribution >= 0.6 is 7.82 Å². The SMILES string of the molecule is CC/C=C\C/C=C\C/C=C\C/C=C\C/C=C\C/C=C\C/C=C\CCCC(=O)OC(COC(=O)CCCCCCCCCCCCCCCCCCCCCC)COP(=O)([O-])OCC[N+](C)(C)C. The van der Waals surface area contributed by atoms with Crippen molar-refractivity contribution in [1.29, 1.82) is 0 Å². The Balaban J connectivity index is 4.34. The van der Waals surface area contributed by atoms with Crippen LogP contribution in [0.3, 0.4) is 0 Å². The summed E-state index contributed by atoms with van der Waals surface area (Å²) in [7, 11) is 1.12. The Labute approximate surface area is 411 Å². The summed E-state index contributed by atoms with van der Waals surface area (Å²) in [5.41, 5.74) is 0. The maximum atomic E-state index is 12.7. The van der Waals surface area contributed by atoms with Gasteiger partial charge in [-0.15, -0.1) is 0 Å². The zero-order chi connectivity index (χ0) is 49.2. The van der Waals surface area contributed by atoms with Crippen molar-refractivity contribution in [2.45, 2.75) is 219 Å². The van der Waals surface area contributed by atoms with E-state index in [2.05, 4.69) is 92.8 Å². The number of unbranched alkanes of at least 4 members (excludes halogenated alkanes) is 20. The first-order chi connectivity index (χ1) is 32.5. The molecule has 9 nitrogen and oxygen atoms in total. The molecule has 2 atom stereocenters. The minimum absolute atomic E-state index is 0.0448. The molecular weight excluding hydrogens is 858 g/mol. The van der Waals surface area contributed by atoms with Gasteiger partial charge in [0.25, 0.3) is 7.82 Å². The largest absolute Gasteiger partial charge is 0.756 e. The molecule has 0 amide bonds. The van der Waals surface area contributed by atoms with Gasteiger partial charge in [0, 0.05) is 12.8 Å². The van der Waals surface area contributed by atoms with Crippen LogP contribution in [-0.2, 0) is 32.7 Å². The van der Waals surface area contributed by atoms with Gasteiger partial charge in [0.05, 0.1) is 27.7 Å². The Morgan fingerprint density at radius 1 is 0.478 bits per heavy atom. The third-order valence-corrected chi connectivity index (χ3v) is 12.1. The van der Waals surface area contributed by atoms with E-state index in [0.717, 1.165) is 64.2 Å². The Morgan fingerprint density at radius 3 is 1.25 bits per heavy atom. The summed E-state index contributed by atoms with van der Waals surface area (Å²) >= 11 is 0. The molecule has 0 saturated carbocycles. The maximum absolute atomic E-state index is 12.7. The average Bonchev–Trinajstić information content (AvgIpc) is 3.29. The van der Waals surface area contributed by atoms with E-state index in [1.54, 1.807) is 0 Å². The van der Waals surface area contributed by atoms with Crippen LogP contribution in [0, 0.1) is 0 Å². The molecule has 0 aliphatic carbocycles. The molecule has 0 aromatic rings. The molecule has 67 heavy (non-hydrogen) atoms. The lowest BCUT2D eigenvalue weighted by atomic mass is 10.0. The van der Waals surface area contributed by atoms with Crippen LogP contribution < -0.4 is 4.89 Å². The van der Waals surface area contributed by atoms with Gasteiger partial charge in [0.2, 0.25) is 0 Å². The molecule has 0 aromatic heterocycles. The highest BCUT2D eigenvalue weighted by Gasteiger charge is 2.21. The van der Waals surface area contributed by atoms with Crippen molar-refractivity contribution in [3.05, 3.63) is 85.1 Å². The van der Waals surface area contributed by atoms with Crippen molar-refractivity contribution in [1.82, 2.24) is 0 Å². The normalized spacial score (nSPS) is 14.1. The standard InChI is InChI=1S/C57H100NO8P/c1-6-8-10-12-14-16-18-20-22-24-26-28-29-30-32-34-36-38-40-42-44-46-48-50-57(60)66-55(54-65-67(61,62)64-52-51-58(3,4)5)53-63-56(59)49-47-45-43-41-39-37-35-33-31-27-25-23-21-19-17-15-13-11-9-7-2/h8,10,14,16,20,22,26,28,30,32,36,38,42,44,55H,6-7,9,11-13,15,17-19,21,23-25,27,29,31,33-35,37,39-41,43,45-54H2,1-5H3/b10-8-,16-14-,22-20-,28-26-,32-30-,38-36-,44-42-. The molecule has 0 aliphatic heterocycles. The molecule has 0 bridgehead atoms. The molecular formula is C57H100NO8P. The zero-order valence-corrected chi connectivity index (χ0v) is 44.5. The number of carbonyl (C=O) groups excluding carboxylic acids is 2. The average molecular weight is 958 g/mol. The van der Waals surface area contributed by atoms with Crippen molar-refractivity contribution in [2.24, 2.45) is 0 Å². The number of hydrogen-bond acceptors (Lipinski definition) is 8. The van der Waals surface area contributed by atoms with Crippen LogP contribution in [-0.4, -0.2) is 70.0 Å². The fraction of sp³-hybridized carbons (Fsp3) is 0.719. The van der Waals surface area contributed by atoms with Gasteiger partial charge in [-0.2, -0.15) is 0 Å². The highest BCUT2D eigenvalue weighted by atomic mass is 31.2. The number of likely N-dealkylation sites (N-methyl/N-ethyl adjacent to an activating group) is 1. The number of hydrogen-bond donors (Lipinski definition) is 0. The summed E-state index contributed by atoms with van der Waals surface area (Å²) < 4.78 is 34.0. The Bertz CT molecular complexity index is 1410. The van der Waals surface area contributed by atoms with Crippen LogP contribution in [0.2, 0.25) is 0 Å². The van der Waals surface area contributed by atoms with Crippen LogP contribution in [0.5, 0.6) is 0 Å². The number of phosphoric acid groups is 1. The smallest absolute Gasteiger partial charge is 0.306 e. The minimum atomic E-state index is -4.65. The molecule has 0 saturated heterocycles. The van der Waals surface area contributed by atoms with E-state index in [4.69, 9.17) is 18.5 Å². The maximum Gasteiger partial charge on any atom is 0.306 e. The third-order valence-electron chi connectivity index (χ3n) is 11.2. The summed E-state index contributed by atoms with van der Waals surface area (Å²) in [6.07, 6.45) is 63.4. The van der Waals surface area contributed by atoms with E-state index in [0.29, 0.717) is 23.9 Å². The summed E-state index contributed by atoms with van der Waals surface area (Å²) in [6, 6.07) is 0. The predicted octanol–water partition coefficient (Wildman–Crippen LogP) is 15.7. The highest BCUT2D eigenvalue weighted by Crippen LogP contribution is 2.38. The highest BCUT2D eigenvalue weighted by molar-refractivity contribution is 7.45. The van der Waals surface area contributed by atoms with Crippen LogP contribution in [0.25, 0.3) is 0 Å². The number of quaternary nitrogens is 1. The van der Waals surface area contributed by atoms with Gasteiger partial charge in [0.15, 0.2) is 6.10 Å². The summed E-state index contributed by atoms with van der Waals surface area (Å²) in [6.45, 7) is 4.07. The number of carbonyl (C=O) groups is 2. The molecule has 0 heterocycles. The van der Waals surface area contributed by atoms with Crippen molar-refractivity contribution in [2.75, 3.05) is 47.5 Å². The number of ether oxygens (including phenoxy) is 2. The van der Waals surface area contributed by atoms with Gasteiger partial charge in [-0.3, -0.25) is 14.2 Å². The van der Waals surface area contributed by atoms with Crippen molar-refractivity contribution in [3.63, 3.8) is 0 Å². The lowest BCUT2D eigenvalue weighted by Crippen LogP contribution is -2.37. The first-order valence-electron chi connectivity index (χ1n) is 26.8. The molecule has 0 aromatic carbocycles. The molecule has 0 rings (SSSR count). The fourth-order valence-electron chi connectivity index (χ4n) is 7.06.